The second-order valence-corrected chi connectivity index (χ2v) is 6.55. The predicted octanol–water partition coefficient (Wildman–Crippen LogP) is 1.99. The van der Waals surface area contributed by atoms with Gasteiger partial charge in [-0.25, -0.2) is 0 Å². The summed E-state index contributed by atoms with van der Waals surface area (Å²) in [6, 6.07) is 1.89. The molecule has 1 N–H and O–H groups in total. The van der Waals surface area contributed by atoms with Crippen molar-refractivity contribution in [1.82, 2.24) is 4.90 Å². The predicted molar refractivity (Wildman–Crippen MR) is 72.8 cm³/mol. The minimum absolute atomic E-state index is 0.00316. The molecule has 2 rings (SSSR count). The van der Waals surface area contributed by atoms with Crippen LogP contribution >= 0.6 is 23.1 Å². The zero-order chi connectivity index (χ0) is 12.4. The summed E-state index contributed by atoms with van der Waals surface area (Å²) < 4.78 is 0. The largest absolute Gasteiger partial charge is 0.394 e. The van der Waals surface area contributed by atoms with E-state index in [4.69, 9.17) is 5.11 Å². The van der Waals surface area contributed by atoms with Gasteiger partial charge >= 0.3 is 0 Å². The lowest BCUT2D eigenvalue weighted by molar-refractivity contribution is 0.0687. The molecule has 0 spiro atoms. The molecular weight excluding hydrogens is 254 g/mol. The standard InChI is InChI=1S/C12H17NO2S2/c1-8(6-14)13(2)12(15)11-5-9-7-16-4-3-10(9)17-11/h5,8,14H,3-4,6-7H2,1-2H3. The van der Waals surface area contributed by atoms with Crippen molar-refractivity contribution < 1.29 is 9.90 Å². The van der Waals surface area contributed by atoms with E-state index in [0.717, 1.165) is 22.8 Å². The smallest absolute Gasteiger partial charge is 0.263 e. The molecule has 1 aromatic heterocycles. The van der Waals surface area contributed by atoms with Gasteiger partial charge in [0.25, 0.3) is 5.91 Å². The summed E-state index contributed by atoms with van der Waals surface area (Å²) in [4.78, 5) is 16.0. The second-order valence-electron chi connectivity index (χ2n) is 4.31. The number of thiophene rings is 1. The molecular formula is C12H17NO2S2. The Hall–Kier alpha value is -0.520. The van der Waals surface area contributed by atoms with E-state index in [1.807, 2.05) is 24.8 Å². The van der Waals surface area contributed by atoms with E-state index in [2.05, 4.69) is 0 Å². The van der Waals surface area contributed by atoms with Crippen LogP contribution in [-0.4, -0.2) is 41.4 Å². The number of carbonyl (C=O) groups is 1. The summed E-state index contributed by atoms with van der Waals surface area (Å²) in [5.74, 6) is 2.21. The van der Waals surface area contributed by atoms with Gasteiger partial charge in [0.15, 0.2) is 0 Å². The number of aliphatic hydroxyl groups is 1. The average molecular weight is 271 g/mol. The highest BCUT2D eigenvalue weighted by Gasteiger charge is 2.22. The number of aliphatic hydroxyl groups excluding tert-OH is 1. The van der Waals surface area contributed by atoms with Crippen LogP contribution in [0.25, 0.3) is 0 Å². The van der Waals surface area contributed by atoms with Crippen molar-refractivity contribution >= 4 is 29.0 Å². The lowest BCUT2D eigenvalue weighted by atomic mass is 10.2. The second kappa shape index (κ2) is 5.42. The molecule has 5 heteroatoms. The normalized spacial score (nSPS) is 16.4. The topological polar surface area (TPSA) is 40.5 Å². The lowest BCUT2D eigenvalue weighted by Crippen LogP contribution is -2.36. The molecule has 0 saturated heterocycles. The van der Waals surface area contributed by atoms with E-state index >= 15 is 0 Å². The summed E-state index contributed by atoms with van der Waals surface area (Å²) in [7, 11) is 1.75. The van der Waals surface area contributed by atoms with Crippen LogP contribution < -0.4 is 0 Å². The molecule has 0 aliphatic carbocycles. The van der Waals surface area contributed by atoms with Crippen LogP contribution in [0, 0.1) is 0 Å². The highest BCUT2D eigenvalue weighted by Crippen LogP contribution is 2.32. The highest BCUT2D eigenvalue weighted by atomic mass is 32.2. The monoisotopic (exact) mass is 271 g/mol. The summed E-state index contributed by atoms with van der Waals surface area (Å²) in [5.41, 5.74) is 1.32. The maximum absolute atomic E-state index is 12.2. The van der Waals surface area contributed by atoms with E-state index in [1.165, 1.54) is 10.4 Å². The van der Waals surface area contributed by atoms with Crippen molar-refractivity contribution in [2.75, 3.05) is 19.4 Å². The van der Waals surface area contributed by atoms with Gasteiger partial charge in [-0.15, -0.1) is 11.3 Å². The van der Waals surface area contributed by atoms with Crippen molar-refractivity contribution in [3.05, 3.63) is 21.4 Å². The number of carbonyl (C=O) groups excluding carboxylic acids is 1. The number of aryl methyl sites for hydroxylation is 1. The van der Waals surface area contributed by atoms with E-state index in [-0.39, 0.29) is 18.6 Å². The van der Waals surface area contributed by atoms with Crippen LogP contribution in [0.15, 0.2) is 6.07 Å². The molecule has 94 valence electrons. The fourth-order valence-corrected chi connectivity index (χ4v) is 4.10. The molecule has 0 bridgehead atoms. The highest BCUT2D eigenvalue weighted by molar-refractivity contribution is 7.98. The quantitative estimate of drug-likeness (QED) is 0.914. The first-order valence-electron chi connectivity index (χ1n) is 5.71. The van der Waals surface area contributed by atoms with Gasteiger partial charge in [-0.3, -0.25) is 4.79 Å². The van der Waals surface area contributed by atoms with E-state index in [9.17, 15) is 4.79 Å². The van der Waals surface area contributed by atoms with E-state index < -0.39 is 0 Å². The minimum atomic E-state index is -0.129. The molecule has 1 atom stereocenters. The molecule has 1 unspecified atom stereocenters. The molecule has 0 aromatic carbocycles. The first-order valence-corrected chi connectivity index (χ1v) is 7.68. The number of amides is 1. The summed E-state index contributed by atoms with van der Waals surface area (Å²) >= 11 is 3.54. The molecule has 3 nitrogen and oxygen atoms in total. The van der Waals surface area contributed by atoms with Crippen LogP contribution in [-0.2, 0) is 12.2 Å². The van der Waals surface area contributed by atoms with Gasteiger partial charge in [0.2, 0.25) is 0 Å². The van der Waals surface area contributed by atoms with Crippen LogP contribution in [0.1, 0.15) is 27.0 Å². The van der Waals surface area contributed by atoms with Crippen LogP contribution in [0.4, 0.5) is 0 Å². The Bertz CT molecular complexity index is 393. The van der Waals surface area contributed by atoms with Crippen molar-refractivity contribution in [3.8, 4) is 0 Å². The molecule has 0 saturated carbocycles. The van der Waals surface area contributed by atoms with Gasteiger partial charge in [-0.1, -0.05) is 0 Å². The van der Waals surface area contributed by atoms with Crippen molar-refractivity contribution in [2.45, 2.75) is 25.1 Å². The third-order valence-electron chi connectivity index (χ3n) is 3.08. The Balaban J connectivity index is 2.17. The van der Waals surface area contributed by atoms with Crippen molar-refractivity contribution in [1.29, 1.82) is 0 Å². The number of thioether (sulfide) groups is 1. The lowest BCUT2D eigenvalue weighted by Gasteiger charge is -2.22. The first-order chi connectivity index (χ1) is 8.13. The van der Waals surface area contributed by atoms with Gasteiger partial charge in [0.05, 0.1) is 17.5 Å². The third kappa shape index (κ3) is 2.67. The van der Waals surface area contributed by atoms with E-state index in [1.54, 1.807) is 23.3 Å². The van der Waals surface area contributed by atoms with Crippen LogP contribution in [0.3, 0.4) is 0 Å². The maximum atomic E-state index is 12.2. The Morgan fingerprint density at radius 3 is 3.06 bits per heavy atom. The fourth-order valence-electron chi connectivity index (χ4n) is 1.75. The number of nitrogens with zero attached hydrogens (tertiary/aromatic N) is 1. The molecule has 1 amide bonds. The molecule has 1 aliphatic rings. The zero-order valence-electron chi connectivity index (χ0n) is 10.1. The molecule has 0 radical (unpaired) electrons. The number of hydrogen-bond acceptors (Lipinski definition) is 4. The average Bonchev–Trinajstić information content (AvgIpc) is 2.79. The summed E-state index contributed by atoms with van der Waals surface area (Å²) in [5, 5.41) is 9.07. The van der Waals surface area contributed by atoms with Gasteiger partial charge < -0.3 is 10.0 Å². The van der Waals surface area contributed by atoms with Crippen LogP contribution in [0.2, 0.25) is 0 Å². The van der Waals surface area contributed by atoms with Crippen molar-refractivity contribution in [3.63, 3.8) is 0 Å². The minimum Gasteiger partial charge on any atom is -0.394 e. The first kappa shape index (κ1) is 12.9. The molecule has 17 heavy (non-hydrogen) atoms. The van der Waals surface area contributed by atoms with Crippen LogP contribution in [0.5, 0.6) is 0 Å². The van der Waals surface area contributed by atoms with Crippen molar-refractivity contribution in [2.24, 2.45) is 0 Å². The number of hydrogen-bond donors (Lipinski definition) is 1. The number of rotatable bonds is 3. The van der Waals surface area contributed by atoms with Gasteiger partial charge in [-0.2, -0.15) is 11.8 Å². The summed E-state index contributed by atoms with van der Waals surface area (Å²) in [6.45, 7) is 1.85. The number of likely N-dealkylation sites (N-methyl/N-ethyl adjacent to an activating group) is 1. The fraction of sp³-hybridized carbons (Fsp3) is 0.583. The molecule has 1 aromatic rings. The molecule has 2 heterocycles. The Morgan fingerprint density at radius 2 is 2.41 bits per heavy atom. The Kier molecular flexibility index (Phi) is 4.12. The van der Waals surface area contributed by atoms with Gasteiger partial charge in [0.1, 0.15) is 0 Å². The molecule has 0 fully saturated rings. The molecule has 1 aliphatic heterocycles. The third-order valence-corrected chi connectivity index (χ3v) is 5.32. The number of fused-ring (bicyclic) bond motifs is 1. The Morgan fingerprint density at radius 1 is 1.65 bits per heavy atom. The van der Waals surface area contributed by atoms with Gasteiger partial charge in [-0.05, 0) is 30.7 Å². The van der Waals surface area contributed by atoms with Gasteiger partial charge in [0, 0.05) is 17.7 Å². The summed E-state index contributed by atoms with van der Waals surface area (Å²) in [6.07, 6.45) is 1.08. The Labute approximate surface area is 110 Å². The van der Waals surface area contributed by atoms with E-state index in [0.29, 0.717) is 0 Å². The maximum Gasteiger partial charge on any atom is 0.263 e. The SMILES string of the molecule is CC(CO)N(C)C(=O)c1cc2c(s1)CCSC2. The zero-order valence-corrected chi connectivity index (χ0v) is 11.7.